The zero-order chi connectivity index (χ0) is 18.2. The molecule has 6 heteroatoms. The summed E-state index contributed by atoms with van der Waals surface area (Å²) in [6, 6.07) is 7.47. The van der Waals surface area contributed by atoms with Crippen molar-refractivity contribution in [2.75, 3.05) is 6.54 Å². The molecule has 134 valence electrons. The summed E-state index contributed by atoms with van der Waals surface area (Å²) >= 11 is 0. The van der Waals surface area contributed by atoms with E-state index in [2.05, 4.69) is 6.07 Å². The first-order chi connectivity index (χ1) is 11.7. The van der Waals surface area contributed by atoms with Crippen LogP contribution in [0.3, 0.4) is 0 Å². The highest BCUT2D eigenvalue weighted by Crippen LogP contribution is 2.44. The van der Waals surface area contributed by atoms with Gasteiger partial charge in [-0.25, -0.2) is 0 Å². The van der Waals surface area contributed by atoms with Gasteiger partial charge < -0.3 is 14.9 Å². The van der Waals surface area contributed by atoms with Crippen molar-refractivity contribution in [1.29, 1.82) is 5.26 Å². The molecule has 1 aromatic carbocycles. The van der Waals surface area contributed by atoms with Crippen LogP contribution in [0.4, 0.5) is 0 Å². The zero-order valence-electron chi connectivity index (χ0n) is 14.7. The number of ether oxygens (including phenoxy) is 1. The zero-order valence-corrected chi connectivity index (χ0v) is 14.7. The number of likely N-dealkylation sites (tertiary alicyclic amines) is 1. The number of hydrogen-bond acceptors (Lipinski definition) is 5. The van der Waals surface area contributed by atoms with Crippen LogP contribution in [0.25, 0.3) is 0 Å². The second kappa shape index (κ2) is 6.32. The highest BCUT2D eigenvalue weighted by atomic mass is 16.5. The SMILES string of the molecule is CC1(C)CC(CCC(O)(O)N2CCCC2=O)c2cc(C#N)ccc2O1. The molecule has 25 heavy (non-hydrogen) atoms. The summed E-state index contributed by atoms with van der Waals surface area (Å²) in [4.78, 5) is 13.0. The Morgan fingerprint density at radius 1 is 1.44 bits per heavy atom. The average molecular weight is 344 g/mol. The minimum atomic E-state index is -2.12. The summed E-state index contributed by atoms with van der Waals surface area (Å²) in [5, 5.41) is 29.9. The lowest BCUT2D eigenvalue weighted by molar-refractivity contribution is -0.257. The molecule has 1 aromatic rings. The second-order valence-corrected chi connectivity index (χ2v) is 7.59. The third-order valence-corrected chi connectivity index (χ3v) is 5.04. The number of nitriles is 1. The van der Waals surface area contributed by atoms with Crippen LogP contribution in [-0.2, 0) is 4.79 Å². The van der Waals surface area contributed by atoms with Crippen molar-refractivity contribution in [3.63, 3.8) is 0 Å². The van der Waals surface area contributed by atoms with Crippen LogP contribution >= 0.6 is 0 Å². The van der Waals surface area contributed by atoms with Crippen LogP contribution in [0.1, 0.15) is 63.0 Å². The molecule has 2 heterocycles. The number of hydrogen-bond donors (Lipinski definition) is 2. The van der Waals surface area contributed by atoms with Crippen LogP contribution in [0.2, 0.25) is 0 Å². The van der Waals surface area contributed by atoms with Crippen molar-refractivity contribution in [3.8, 4) is 11.8 Å². The number of rotatable bonds is 4. The van der Waals surface area contributed by atoms with Crippen LogP contribution in [0.5, 0.6) is 5.75 Å². The van der Waals surface area contributed by atoms with E-state index in [1.165, 1.54) is 0 Å². The third kappa shape index (κ3) is 3.63. The summed E-state index contributed by atoms with van der Waals surface area (Å²) in [6.07, 6.45) is 2.28. The molecule has 1 fully saturated rings. The fourth-order valence-electron chi connectivity index (χ4n) is 3.86. The van der Waals surface area contributed by atoms with Gasteiger partial charge in [0, 0.05) is 19.4 Å². The predicted molar refractivity (Wildman–Crippen MR) is 90.6 cm³/mol. The van der Waals surface area contributed by atoms with Gasteiger partial charge in [-0.05, 0) is 62.8 Å². The molecule has 0 aliphatic carbocycles. The first-order valence-corrected chi connectivity index (χ1v) is 8.70. The first kappa shape index (κ1) is 17.7. The summed E-state index contributed by atoms with van der Waals surface area (Å²) in [5.41, 5.74) is 1.10. The van der Waals surface area contributed by atoms with Gasteiger partial charge in [-0.2, -0.15) is 5.26 Å². The molecule has 0 saturated carbocycles. The molecule has 0 aromatic heterocycles. The van der Waals surface area contributed by atoms with Crippen molar-refractivity contribution < 1.29 is 19.7 Å². The van der Waals surface area contributed by atoms with Gasteiger partial charge in [-0.3, -0.25) is 9.69 Å². The van der Waals surface area contributed by atoms with Crippen LogP contribution < -0.4 is 4.74 Å². The smallest absolute Gasteiger partial charge is 0.248 e. The molecular weight excluding hydrogens is 320 g/mol. The van der Waals surface area contributed by atoms with E-state index in [1.54, 1.807) is 12.1 Å². The Labute approximate surface area is 147 Å². The van der Waals surface area contributed by atoms with Gasteiger partial charge in [-0.1, -0.05) is 0 Å². The highest BCUT2D eigenvalue weighted by Gasteiger charge is 2.40. The quantitative estimate of drug-likeness (QED) is 0.817. The van der Waals surface area contributed by atoms with Gasteiger partial charge >= 0.3 is 0 Å². The van der Waals surface area contributed by atoms with Crippen molar-refractivity contribution in [1.82, 2.24) is 4.90 Å². The number of aliphatic hydroxyl groups is 2. The maximum absolute atomic E-state index is 11.8. The van der Waals surface area contributed by atoms with E-state index in [0.717, 1.165) is 16.2 Å². The first-order valence-electron chi connectivity index (χ1n) is 8.70. The molecule has 0 bridgehead atoms. The summed E-state index contributed by atoms with van der Waals surface area (Å²) in [5.74, 6) is -1.57. The number of carbonyl (C=O) groups is 1. The van der Waals surface area contributed by atoms with Gasteiger partial charge in [0.25, 0.3) is 0 Å². The van der Waals surface area contributed by atoms with Gasteiger partial charge in [0.2, 0.25) is 11.8 Å². The number of benzene rings is 1. The summed E-state index contributed by atoms with van der Waals surface area (Å²) in [6.45, 7) is 4.37. The van der Waals surface area contributed by atoms with Crippen LogP contribution in [0, 0.1) is 11.3 Å². The minimum absolute atomic E-state index is 0.0310. The Bertz CT molecular complexity index is 721. The molecule has 2 aliphatic rings. The standard InChI is InChI=1S/C19H24N2O4/c1-18(2)11-14(15-10-13(12-20)5-6-16(15)25-18)7-8-19(23,24)21-9-3-4-17(21)22/h5-6,10,14,23-24H,3-4,7-9,11H2,1-2H3. The predicted octanol–water partition coefficient (Wildman–Crippen LogP) is 2.24. The maximum atomic E-state index is 11.8. The average Bonchev–Trinajstić information content (AvgIpc) is 2.98. The largest absolute Gasteiger partial charge is 0.488 e. The van der Waals surface area contributed by atoms with Crippen molar-refractivity contribution in [3.05, 3.63) is 29.3 Å². The molecule has 1 amide bonds. The second-order valence-electron chi connectivity index (χ2n) is 7.59. The monoisotopic (exact) mass is 344 g/mol. The molecule has 0 radical (unpaired) electrons. The van der Waals surface area contributed by atoms with E-state index in [1.807, 2.05) is 19.9 Å². The maximum Gasteiger partial charge on any atom is 0.248 e. The van der Waals surface area contributed by atoms with Crippen molar-refractivity contribution in [2.24, 2.45) is 0 Å². The molecular formula is C19H24N2O4. The number of fused-ring (bicyclic) bond motifs is 1. The molecule has 1 saturated heterocycles. The van der Waals surface area contributed by atoms with E-state index >= 15 is 0 Å². The number of carbonyl (C=O) groups excluding carboxylic acids is 1. The molecule has 2 N–H and O–H groups in total. The number of amides is 1. The molecule has 2 aliphatic heterocycles. The molecule has 0 spiro atoms. The van der Waals surface area contributed by atoms with E-state index in [0.29, 0.717) is 37.8 Å². The Hall–Kier alpha value is -2.10. The van der Waals surface area contributed by atoms with Crippen LogP contribution in [-0.4, -0.2) is 39.1 Å². The minimum Gasteiger partial charge on any atom is -0.488 e. The molecule has 1 atom stereocenters. The Morgan fingerprint density at radius 2 is 2.20 bits per heavy atom. The van der Waals surface area contributed by atoms with E-state index in [-0.39, 0.29) is 23.8 Å². The lowest BCUT2D eigenvalue weighted by Gasteiger charge is -2.39. The summed E-state index contributed by atoms with van der Waals surface area (Å²) in [7, 11) is 0. The van der Waals surface area contributed by atoms with E-state index in [4.69, 9.17) is 10.00 Å². The third-order valence-electron chi connectivity index (χ3n) is 5.04. The lowest BCUT2D eigenvalue weighted by atomic mass is 9.81. The fraction of sp³-hybridized carbons (Fsp3) is 0.579. The topological polar surface area (TPSA) is 93.8 Å². The molecule has 3 rings (SSSR count). The Kier molecular flexibility index (Phi) is 4.48. The normalized spacial score (nSPS) is 22.3. The van der Waals surface area contributed by atoms with Gasteiger partial charge in [0.05, 0.1) is 11.6 Å². The van der Waals surface area contributed by atoms with Crippen molar-refractivity contribution >= 4 is 5.91 Å². The highest BCUT2D eigenvalue weighted by molar-refractivity contribution is 5.78. The molecule has 1 unspecified atom stereocenters. The lowest BCUT2D eigenvalue weighted by Crippen LogP contribution is -2.49. The molecule has 6 nitrogen and oxygen atoms in total. The van der Waals surface area contributed by atoms with Crippen molar-refractivity contribution in [2.45, 2.75) is 63.4 Å². The van der Waals surface area contributed by atoms with Crippen LogP contribution in [0.15, 0.2) is 18.2 Å². The van der Waals surface area contributed by atoms with E-state index in [9.17, 15) is 15.0 Å². The Balaban J connectivity index is 1.80. The van der Waals surface area contributed by atoms with Gasteiger partial charge in [-0.15, -0.1) is 0 Å². The van der Waals surface area contributed by atoms with Gasteiger partial charge in [0.1, 0.15) is 11.4 Å². The Morgan fingerprint density at radius 3 is 2.84 bits per heavy atom. The van der Waals surface area contributed by atoms with Gasteiger partial charge in [0.15, 0.2) is 0 Å². The van der Waals surface area contributed by atoms with E-state index < -0.39 is 5.91 Å². The fourth-order valence-corrected chi connectivity index (χ4v) is 3.86. The number of nitrogens with zero attached hydrogens (tertiary/aromatic N) is 2. The summed E-state index contributed by atoms with van der Waals surface area (Å²) < 4.78 is 6.00.